The molecule has 0 radical (unpaired) electrons. The van der Waals surface area contributed by atoms with Crippen LogP contribution in [0, 0.1) is 6.92 Å². The van der Waals surface area contributed by atoms with Crippen molar-refractivity contribution in [3.63, 3.8) is 0 Å². The average molecular weight is 259 g/mol. The van der Waals surface area contributed by atoms with E-state index in [2.05, 4.69) is 0 Å². The molecule has 0 fully saturated rings. The predicted octanol–water partition coefficient (Wildman–Crippen LogP) is 1.41. The van der Waals surface area contributed by atoms with E-state index in [1.807, 2.05) is 31.0 Å². The Morgan fingerprint density at radius 3 is 2.71 bits per heavy atom. The Bertz CT molecular complexity index is 385. The van der Waals surface area contributed by atoms with Crippen molar-refractivity contribution in [1.29, 1.82) is 0 Å². The van der Waals surface area contributed by atoms with Crippen LogP contribution in [0.15, 0.2) is 12.1 Å². The number of hydrogen-bond acceptors (Lipinski definition) is 4. The molecule has 5 heteroatoms. The van der Waals surface area contributed by atoms with Crippen molar-refractivity contribution in [1.82, 2.24) is 0 Å². The number of aryl methyl sites for hydroxylation is 1. The second-order valence-electron chi connectivity index (χ2n) is 4.10. The molecule has 0 aliphatic heterocycles. The lowest BCUT2D eigenvalue weighted by Gasteiger charge is -2.24. The van der Waals surface area contributed by atoms with Gasteiger partial charge in [0.15, 0.2) is 0 Å². The summed E-state index contributed by atoms with van der Waals surface area (Å²) in [5, 5.41) is 9.63. The number of benzene rings is 1. The first-order valence-corrected chi connectivity index (χ1v) is 5.79. The van der Waals surface area contributed by atoms with E-state index in [0.29, 0.717) is 11.6 Å². The quantitative estimate of drug-likeness (QED) is 0.839. The van der Waals surface area contributed by atoms with Gasteiger partial charge in [-0.05, 0) is 24.6 Å². The lowest BCUT2D eigenvalue weighted by atomic mass is 10.2. The van der Waals surface area contributed by atoms with Crippen molar-refractivity contribution in [2.75, 3.05) is 32.2 Å². The van der Waals surface area contributed by atoms with Crippen molar-refractivity contribution < 1.29 is 9.84 Å². The van der Waals surface area contributed by atoms with Crippen LogP contribution >= 0.6 is 11.6 Å². The van der Waals surface area contributed by atoms with Crippen LogP contribution in [0.3, 0.4) is 0 Å². The number of rotatable bonds is 5. The molecule has 0 bridgehead atoms. The monoisotopic (exact) mass is 258 g/mol. The van der Waals surface area contributed by atoms with Crippen LogP contribution < -0.4 is 15.4 Å². The Hall–Kier alpha value is -0.970. The number of nitrogens with two attached hydrogens (primary N) is 1. The van der Waals surface area contributed by atoms with Gasteiger partial charge >= 0.3 is 0 Å². The number of methoxy groups -OCH3 is 1. The van der Waals surface area contributed by atoms with Gasteiger partial charge in [0.2, 0.25) is 0 Å². The summed E-state index contributed by atoms with van der Waals surface area (Å²) in [4.78, 5) is 1.92. The van der Waals surface area contributed by atoms with Crippen molar-refractivity contribution in [3.8, 4) is 5.75 Å². The lowest BCUT2D eigenvalue weighted by molar-refractivity contribution is 0.267. The van der Waals surface area contributed by atoms with Crippen LogP contribution in [-0.4, -0.2) is 38.5 Å². The van der Waals surface area contributed by atoms with Gasteiger partial charge in [0.05, 0.1) is 19.4 Å². The number of halogens is 1. The van der Waals surface area contributed by atoms with E-state index in [0.717, 1.165) is 17.0 Å². The van der Waals surface area contributed by atoms with Gasteiger partial charge in [-0.1, -0.05) is 11.6 Å². The maximum atomic E-state index is 8.95. The minimum Gasteiger partial charge on any atom is -0.495 e. The highest BCUT2D eigenvalue weighted by Crippen LogP contribution is 2.33. The zero-order valence-electron chi connectivity index (χ0n) is 10.4. The summed E-state index contributed by atoms with van der Waals surface area (Å²) >= 11 is 6.09. The van der Waals surface area contributed by atoms with Crippen LogP contribution in [0.25, 0.3) is 0 Å². The molecule has 1 rings (SSSR count). The summed E-state index contributed by atoms with van der Waals surface area (Å²) in [5.74, 6) is 0.750. The number of aliphatic hydroxyl groups is 1. The summed E-state index contributed by atoms with van der Waals surface area (Å²) in [6.45, 7) is 2.41. The van der Waals surface area contributed by atoms with Crippen molar-refractivity contribution >= 4 is 17.3 Å². The molecule has 3 N–H and O–H groups in total. The fraction of sp³-hybridized carbons (Fsp3) is 0.500. The topological polar surface area (TPSA) is 58.7 Å². The van der Waals surface area contributed by atoms with Gasteiger partial charge in [-0.3, -0.25) is 0 Å². The van der Waals surface area contributed by atoms with E-state index in [-0.39, 0.29) is 12.6 Å². The maximum Gasteiger partial charge on any atom is 0.142 e. The van der Waals surface area contributed by atoms with Crippen LogP contribution in [0.4, 0.5) is 5.69 Å². The van der Waals surface area contributed by atoms with Crippen molar-refractivity contribution in [2.45, 2.75) is 13.0 Å². The van der Waals surface area contributed by atoms with Gasteiger partial charge in [0, 0.05) is 24.7 Å². The van der Waals surface area contributed by atoms with Crippen LogP contribution in [0.1, 0.15) is 5.56 Å². The molecule has 0 aliphatic rings. The second kappa shape index (κ2) is 6.10. The molecule has 1 aromatic rings. The highest BCUT2D eigenvalue weighted by Gasteiger charge is 2.13. The molecule has 17 heavy (non-hydrogen) atoms. The SMILES string of the molecule is COc1cc(C)c(Cl)cc1N(C)CC(N)CO. The van der Waals surface area contributed by atoms with Gasteiger partial charge < -0.3 is 20.5 Å². The number of hydrogen-bond donors (Lipinski definition) is 2. The molecule has 0 spiro atoms. The summed E-state index contributed by atoms with van der Waals surface area (Å²) in [6, 6.07) is 3.45. The van der Waals surface area contributed by atoms with Gasteiger partial charge in [0.25, 0.3) is 0 Å². The molecule has 4 nitrogen and oxygen atoms in total. The van der Waals surface area contributed by atoms with Gasteiger partial charge in [-0.25, -0.2) is 0 Å². The average Bonchev–Trinajstić information content (AvgIpc) is 2.31. The predicted molar refractivity (Wildman–Crippen MR) is 71.1 cm³/mol. The molecule has 1 unspecified atom stereocenters. The van der Waals surface area contributed by atoms with Gasteiger partial charge in [-0.15, -0.1) is 0 Å². The van der Waals surface area contributed by atoms with E-state index >= 15 is 0 Å². The summed E-state index contributed by atoms with van der Waals surface area (Å²) in [6.07, 6.45) is 0. The maximum absolute atomic E-state index is 8.95. The standard InChI is InChI=1S/C12H19ClN2O2/c1-8-4-12(17-3)11(5-10(8)13)15(2)6-9(14)7-16/h4-5,9,16H,6-7,14H2,1-3H3. The summed E-state index contributed by atoms with van der Waals surface area (Å²) in [7, 11) is 3.50. The number of nitrogens with zero attached hydrogens (tertiary/aromatic N) is 1. The molecule has 0 heterocycles. The van der Waals surface area contributed by atoms with E-state index < -0.39 is 0 Å². The highest BCUT2D eigenvalue weighted by molar-refractivity contribution is 6.31. The van der Waals surface area contributed by atoms with Crippen LogP contribution in [0.5, 0.6) is 5.75 Å². The lowest BCUT2D eigenvalue weighted by Crippen LogP contribution is -2.38. The molecule has 0 saturated carbocycles. The third-order valence-corrected chi connectivity index (χ3v) is 3.02. The first kappa shape index (κ1) is 14.1. The number of likely N-dealkylation sites (N-methyl/N-ethyl adjacent to an activating group) is 1. The number of aliphatic hydroxyl groups excluding tert-OH is 1. The minimum atomic E-state index is -0.287. The largest absolute Gasteiger partial charge is 0.495 e. The minimum absolute atomic E-state index is 0.0494. The third-order valence-electron chi connectivity index (χ3n) is 2.61. The smallest absolute Gasteiger partial charge is 0.142 e. The van der Waals surface area contributed by atoms with Crippen molar-refractivity contribution in [3.05, 3.63) is 22.7 Å². The van der Waals surface area contributed by atoms with Crippen LogP contribution in [0.2, 0.25) is 5.02 Å². The van der Waals surface area contributed by atoms with Gasteiger partial charge in [-0.2, -0.15) is 0 Å². The Morgan fingerprint density at radius 1 is 1.53 bits per heavy atom. The third kappa shape index (κ3) is 3.49. The molecule has 1 aromatic carbocycles. The van der Waals surface area contributed by atoms with E-state index in [1.165, 1.54) is 0 Å². The normalized spacial score (nSPS) is 12.4. The summed E-state index contributed by atoms with van der Waals surface area (Å²) < 4.78 is 5.31. The first-order chi connectivity index (χ1) is 7.99. The Balaban J connectivity index is 2.99. The zero-order valence-corrected chi connectivity index (χ0v) is 11.2. The van der Waals surface area contributed by atoms with Crippen molar-refractivity contribution in [2.24, 2.45) is 5.73 Å². The number of anilines is 1. The molecule has 0 saturated heterocycles. The Morgan fingerprint density at radius 2 is 2.18 bits per heavy atom. The van der Waals surface area contributed by atoms with Gasteiger partial charge in [0.1, 0.15) is 5.75 Å². The fourth-order valence-corrected chi connectivity index (χ4v) is 1.77. The molecular weight excluding hydrogens is 240 g/mol. The molecule has 0 aliphatic carbocycles. The van der Waals surface area contributed by atoms with E-state index in [1.54, 1.807) is 7.11 Å². The highest BCUT2D eigenvalue weighted by atomic mass is 35.5. The first-order valence-electron chi connectivity index (χ1n) is 5.41. The molecule has 1 atom stereocenters. The zero-order chi connectivity index (χ0) is 13.0. The fourth-order valence-electron chi connectivity index (χ4n) is 1.61. The van der Waals surface area contributed by atoms with E-state index in [9.17, 15) is 0 Å². The molecular formula is C12H19ClN2O2. The Labute approximate surface area is 107 Å². The second-order valence-corrected chi connectivity index (χ2v) is 4.50. The molecule has 96 valence electrons. The molecule has 0 amide bonds. The van der Waals surface area contributed by atoms with E-state index in [4.69, 9.17) is 27.2 Å². The van der Waals surface area contributed by atoms with Crippen LogP contribution in [-0.2, 0) is 0 Å². The molecule has 0 aromatic heterocycles. The number of ether oxygens (including phenoxy) is 1. The Kier molecular flexibility index (Phi) is 5.05. The summed E-state index contributed by atoms with van der Waals surface area (Å²) in [5.41, 5.74) is 7.54.